The van der Waals surface area contributed by atoms with Gasteiger partial charge in [-0.15, -0.1) is 0 Å². The molecule has 0 atom stereocenters. The van der Waals surface area contributed by atoms with E-state index in [1.807, 2.05) is 29.2 Å². The molecule has 1 aromatic rings. The zero-order valence-corrected chi connectivity index (χ0v) is 14.9. The van der Waals surface area contributed by atoms with Crippen LogP contribution < -0.4 is 16.4 Å². The van der Waals surface area contributed by atoms with Crippen LogP contribution in [0.15, 0.2) is 24.3 Å². The highest BCUT2D eigenvalue weighted by atomic mass is 16.2. The average Bonchev–Trinajstić information content (AvgIpc) is 3.24. The Morgan fingerprint density at radius 3 is 2.42 bits per heavy atom. The lowest BCUT2D eigenvalue weighted by atomic mass is 9.97. The van der Waals surface area contributed by atoms with Crippen LogP contribution in [-0.4, -0.2) is 34.8 Å². The van der Waals surface area contributed by atoms with E-state index in [0.717, 1.165) is 36.9 Å². The Hall–Kier alpha value is -2.57. The van der Waals surface area contributed by atoms with E-state index in [1.165, 1.54) is 0 Å². The second-order valence-corrected chi connectivity index (χ2v) is 7.15. The Morgan fingerprint density at radius 2 is 1.81 bits per heavy atom. The van der Waals surface area contributed by atoms with E-state index >= 15 is 0 Å². The molecule has 0 bridgehead atoms. The van der Waals surface area contributed by atoms with Crippen molar-refractivity contribution in [2.75, 3.05) is 6.54 Å². The van der Waals surface area contributed by atoms with Gasteiger partial charge < -0.3 is 21.3 Å². The minimum atomic E-state index is -0.925. The maximum atomic E-state index is 12.3. The number of primary amides is 1. The molecule has 0 radical (unpaired) electrons. The monoisotopic (exact) mass is 358 g/mol. The molecule has 7 nitrogen and oxygen atoms in total. The molecule has 0 spiro atoms. The first kappa shape index (κ1) is 18.2. The molecular weight excluding hydrogens is 332 g/mol. The summed E-state index contributed by atoms with van der Waals surface area (Å²) in [5, 5.41) is 5.59. The second kappa shape index (κ2) is 7.76. The third kappa shape index (κ3) is 3.98. The largest absolute Gasteiger partial charge is 0.368 e. The molecule has 1 aliphatic carbocycles. The summed E-state index contributed by atoms with van der Waals surface area (Å²) in [7, 11) is 0. The van der Waals surface area contributed by atoms with Gasteiger partial charge in [0.05, 0.1) is 0 Å². The van der Waals surface area contributed by atoms with E-state index in [1.54, 1.807) is 0 Å². The molecule has 3 rings (SSSR count). The summed E-state index contributed by atoms with van der Waals surface area (Å²) >= 11 is 0. The van der Waals surface area contributed by atoms with Gasteiger partial charge >= 0.3 is 6.03 Å². The first-order chi connectivity index (χ1) is 12.5. The molecular formula is C19H26N4O3. The molecule has 1 aromatic carbocycles. The lowest BCUT2D eigenvalue weighted by Gasteiger charge is -2.26. The van der Waals surface area contributed by atoms with E-state index in [0.29, 0.717) is 32.4 Å². The van der Waals surface area contributed by atoms with Crippen LogP contribution >= 0.6 is 0 Å². The van der Waals surface area contributed by atoms with E-state index in [9.17, 15) is 14.4 Å². The molecule has 4 N–H and O–H groups in total. The second-order valence-electron chi connectivity index (χ2n) is 7.15. The van der Waals surface area contributed by atoms with Crippen LogP contribution in [0.1, 0.15) is 49.7 Å². The van der Waals surface area contributed by atoms with Crippen molar-refractivity contribution in [1.29, 1.82) is 0 Å². The predicted octanol–water partition coefficient (Wildman–Crippen LogP) is 1.41. The van der Waals surface area contributed by atoms with Crippen molar-refractivity contribution in [2.24, 2.45) is 5.73 Å². The number of carbonyl (C=O) groups excluding carboxylic acids is 3. The number of nitrogens with one attached hydrogen (secondary N) is 2. The Labute approximate surface area is 153 Å². The third-order valence-electron chi connectivity index (χ3n) is 5.37. The van der Waals surface area contributed by atoms with Gasteiger partial charge in [0.25, 0.3) is 0 Å². The van der Waals surface area contributed by atoms with Crippen molar-refractivity contribution >= 4 is 17.8 Å². The summed E-state index contributed by atoms with van der Waals surface area (Å²) in [5.41, 5.74) is 6.55. The highest BCUT2D eigenvalue weighted by Crippen LogP contribution is 2.29. The van der Waals surface area contributed by atoms with Gasteiger partial charge in [-0.05, 0) is 30.4 Å². The number of benzene rings is 1. The van der Waals surface area contributed by atoms with Crippen LogP contribution in [0.5, 0.6) is 0 Å². The highest BCUT2D eigenvalue weighted by Gasteiger charge is 2.40. The van der Waals surface area contributed by atoms with E-state index < -0.39 is 17.5 Å². The van der Waals surface area contributed by atoms with Crippen LogP contribution in [0.2, 0.25) is 0 Å². The summed E-state index contributed by atoms with van der Waals surface area (Å²) in [5.74, 6) is -0.298. The number of hydrogen-bond donors (Lipinski definition) is 3. The minimum absolute atomic E-state index is 0.176. The summed E-state index contributed by atoms with van der Waals surface area (Å²) < 4.78 is 0. The zero-order valence-electron chi connectivity index (χ0n) is 14.9. The molecule has 1 saturated heterocycles. The molecule has 0 unspecified atom stereocenters. The molecule has 26 heavy (non-hydrogen) atoms. The lowest BCUT2D eigenvalue weighted by Crippen LogP contribution is -2.57. The normalized spacial score (nSPS) is 18.8. The highest BCUT2D eigenvalue weighted by molar-refractivity contribution is 5.90. The maximum absolute atomic E-state index is 12.3. The molecule has 1 aliphatic heterocycles. The van der Waals surface area contributed by atoms with Crippen LogP contribution in [0.3, 0.4) is 0 Å². The number of hydrogen-bond acceptors (Lipinski definition) is 3. The molecule has 0 aromatic heterocycles. The van der Waals surface area contributed by atoms with Crippen molar-refractivity contribution in [1.82, 2.24) is 15.5 Å². The molecule has 7 heteroatoms. The maximum Gasteiger partial charge on any atom is 0.315 e. The summed E-state index contributed by atoms with van der Waals surface area (Å²) in [6.07, 6.45) is 4.45. The summed E-state index contributed by atoms with van der Waals surface area (Å²) in [4.78, 5) is 37.7. The number of amides is 4. The molecule has 4 amide bonds. The molecule has 2 fully saturated rings. The SMILES string of the molecule is NC(=O)C1(NC(=O)NCc2ccccc2CN2CCCC2=O)CCCC1. The Bertz CT molecular complexity index is 698. The first-order valence-corrected chi connectivity index (χ1v) is 9.21. The fraction of sp³-hybridized carbons (Fsp3) is 0.526. The number of carbonyl (C=O) groups is 3. The van der Waals surface area contributed by atoms with Crippen molar-refractivity contribution in [3.8, 4) is 0 Å². The standard InChI is InChI=1S/C19H26N4O3/c20-17(25)19(9-3-4-10-19)22-18(26)21-12-14-6-1-2-7-15(14)13-23-11-5-8-16(23)24/h1-2,6-7H,3-5,8-13H2,(H2,20,25)(H2,21,22,26). The molecule has 140 valence electrons. The van der Waals surface area contributed by atoms with Crippen molar-refractivity contribution in [3.63, 3.8) is 0 Å². The van der Waals surface area contributed by atoms with Gasteiger partial charge in [0.1, 0.15) is 5.54 Å². The van der Waals surface area contributed by atoms with Crippen molar-refractivity contribution in [2.45, 2.75) is 57.2 Å². The Kier molecular flexibility index (Phi) is 5.44. The number of likely N-dealkylation sites (tertiary alicyclic amines) is 1. The van der Waals surface area contributed by atoms with Gasteiger partial charge in [0.15, 0.2) is 0 Å². The Morgan fingerprint density at radius 1 is 1.12 bits per heavy atom. The van der Waals surface area contributed by atoms with Gasteiger partial charge in [0, 0.05) is 26.1 Å². The summed E-state index contributed by atoms with van der Waals surface area (Å²) in [6.45, 7) is 1.67. The number of nitrogens with zero attached hydrogens (tertiary/aromatic N) is 1. The molecule has 1 saturated carbocycles. The van der Waals surface area contributed by atoms with Gasteiger partial charge in [-0.2, -0.15) is 0 Å². The number of nitrogens with two attached hydrogens (primary N) is 1. The van der Waals surface area contributed by atoms with Crippen LogP contribution in [0.25, 0.3) is 0 Å². The van der Waals surface area contributed by atoms with E-state index in [4.69, 9.17) is 5.73 Å². The van der Waals surface area contributed by atoms with E-state index in [2.05, 4.69) is 10.6 Å². The van der Waals surface area contributed by atoms with Crippen molar-refractivity contribution in [3.05, 3.63) is 35.4 Å². The van der Waals surface area contributed by atoms with Crippen LogP contribution in [0.4, 0.5) is 4.79 Å². The minimum Gasteiger partial charge on any atom is -0.368 e. The van der Waals surface area contributed by atoms with Crippen molar-refractivity contribution < 1.29 is 14.4 Å². The fourth-order valence-electron chi connectivity index (χ4n) is 3.81. The summed E-state index contributed by atoms with van der Waals surface area (Å²) in [6, 6.07) is 7.36. The number of urea groups is 1. The van der Waals surface area contributed by atoms with Gasteiger partial charge in [-0.25, -0.2) is 4.79 Å². The zero-order chi connectivity index (χ0) is 18.6. The quantitative estimate of drug-likeness (QED) is 0.716. The molecule has 2 aliphatic rings. The lowest BCUT2D eigenvalue weighted by molar-refractivity contribution is -0.128. The first-order valence-electron chi connectivity index (χ1n) is 9.21. The fourth-order valence-corrected chi connectivity index (χ4v) is 3.81. The predicted molar refractivity (Wildman–Crippen MR) is 96.9 cm³/mol. The number of rotatable bonds is 6. The smallest absolute Gasteiger partial charge is 0.315 e. The topological polar surface area (TPSA) is 105 Å². The Balaban J connectivity index is 1.60. The van der Waals surface area contributed by atoms with Crippen LogP contribution in [0, 0.1) is 0 Å². The van der Waals surface area contributed by atoms with Crippen LogP contribution in [-0.2, 0) is 22.7 Å². The van der Waals surface area contributed by atoms with Gasteiger partial charge in [0.2, 0.25) is 11.8 Å². The average molecular weight is 358 g/mol. The van der Waals surface area contributed by atoms with E-state index in [-0.39, 0.29) is 5.91 Å². The van der Waals surface area contributed by atoms with Gasteiger partial charge in [-0.3, -0.25) is 9.59 Å². The molecule has 1 heterocycles. The van der Waals surface area contributed by atoms with Gasteiger partial charge in [-0.1, -0.05) is 37.1 Å². The third-order valence-corrected chi connectivity index (χ3v) is 5.37.